The average Bonchev–Trinajstić information content (AvgIpc) is 3.10. The largest absolute Gasteiger partial charge is 0.493 e. The van der Waals surface area contributed by atoms with Crippen LogP contribution in [0, 0.1) is 5.92 Å². The number of nitrogens with one attached hydrogen (secondary N) is 1. The summed E-state index contributed by atoms with van der Waals surface area (Å²) in [5, 5.41) is 3.58. The van der Waals surface area contributed by atoms with Crippen molar-refractivity contribution >= 4 is 45.4 Å². The zero-order valence-corrected chi connectivity index (χ0v) is 21.0. The van der Waals surface area contributed by atoms with Gasteiger partial charge in [-0.1, -0.05) is 65.7 Å². The van der Waals surface area contributed by atoms with Gasteiger partial charge in [0.25, 0.3) is 5.91 Å². The van der Waals surface area contributed by atoms with E-state index >= 15 is 0 Å². The number of nitrogens with zero attached hydrogens (tertiary/aromatic N) is 1. The van der Waals surface area contributed by atoms with Crippen LogP contribution in [0.1, 0.15) is 38.2 Å². The van der Waals surface area contributed by atoms with Crippen LogP contribution < -0.4 is 14.8 Å². The third kappa shape index (κ3) is 4.79. The molecule has 2 aromatic rings. The first-order valence-electron chi connectivity index (χ1n) is 11.0. The molecule has 1 N–H and O–H groups in total. The molecular formula is C25H29BrN2O3S. The van der Waals surface area contributed by atoms with Crippen LogP contribution in [0.3, 0.4) is 0 Å². The van der Waals surface area contributed by atoms with Crippen molar-refractivity contribution in [2.75, 3.05) is 19.5 Å². The second kappa shape index (κ2) is 10.2. The highest BCUT2D eigenvalue weighted by Crippen LogP contribution is 2.43. The number of benzene rings is 2. The van der Waals surface area contributed by atoms with Crippen molar-refractivity contribution in [1.29, 1.82) is 0 Å². The van der Waals surface area contributed by atoms with Gasteiger partial charge in [-0.3, -0.25) is 4.79 Å². The Hall–Kier alpha value is -2.12. The molecule has 1 unspecified atom stereocenters. The van der Waals surface area contributed by atoms with E-state index < -0.39 is 0 Å². The minimum absolute atomic E-state index is 0.0869. The lowest BCUT2D eigenvalue weighted by atomic mass is 9.85. The van der Waals surface area contributed by atoms with Crippen molar-refractivity contribution in [1.82, 2.24) is 4.90 Å². The molecule has 1 saturated heterocycles. The number of hydrogen-bond donors (Lipinski definition) is 1. The van der Waals surface area contributed by atoms with Crippen LogP contribution in [0.5, 0.6) is 11.5 Å². The normalized spacial score (nSPS) is 24.6. The molecule has 5 nitrogen and oxygen atoms in total. The number of ether oxygens (including phenoxy) is 2. The van der Waals surface area contributed by atoms with E-state index in [0.29, 0.717) is 17.4 Å². The minimum Gasteiger partial charge on any atom is -0.493 e. The summed E-state index contributed by atoms with van der Waals surface area (Å²) in [6.07, 6.45) is 6.57. The topological polar surface area (TPSA) is 50.8 Å². The highest BCUT2D eigenvalue weighted by Gasteiger charge is 2.43. The third-order valence-electron chi connectivity index (χ3n) is 6.21. The number of carbonyl (C=O) groups is 1. The van der Waals surface area contributed by atoms with Crippen molar-refractivity contribution in [3.8, 4) is 11.5 Å². The van der Waals surface area contributed by atoms with E-state index in [1.807, 2.05) is 48.5 Å². The minimum atomic E-state index is -0.138. The summed E-state index contributed by atoms with van der Waals surface area (Å²) < 4.78 is 11.7. The van der Waals surface area contributed by atoms with E-state index in [0.717, 1.165) is 33.5 Å². The van der Waals surface area contributed by atoms with Crippen molar-refractivity contribution in [2.24, 2.45) is 5.92 Å². The second-order valence-electron chi connectivity index (χ2n) is 8.26. The molecule has 1 saturated carbocycles. The fraction of sp³-hybridized carbons (Fsp3) is 0.400. The molecule has 3 atom stereocenters. The zero-order chi connectivity index (χ0) is 22.7. The molecule has 0 radical (unpaired) electrons. The van der Waals surface area contributed by atoms with Gasteiger partial charge in [0.15, 0.2) is 17.0 Å². The van der Waals surface area contributed by atoms with Gasteiger partial charge >= 0.3 is 0 Å². The maximum atomic E-state index is 13.7. The van der Waals surface area contributed by atoms with Crippen LogP contribution >= 0.6 is 27.7 Å². The van der Waals surface area contributed by atoms with Crippen LogP contribution in [0.4, 0.5) is 5.69 Å². The van der Waals surface area contributed by atoms with Crippen molar-refractivity contribution in [3.63, 3.8) is 0 Å². The van der Waals surface area contributed by atoms with Gasteiger partial charge in [0, 0.05) is 16.2 Å². The molecule has 32 heavy (non-hydrogen) atoms. The molecular weight excluding hydrogens is 488 g/mol. The number of para-hydroxylation sites is 1. The van der Waals surface area contributed by atoms with Gasteiger partial charge in [-0.05, 0) is 54.7 Å². The number of thioether (sulfide) groups is 1. The summed E-state index contributed by atoms with van der Waals surface area (Å²) in [5.41, 5.74) is 1.76. The fourth-order valence-corrected chi connectivity index (χ4v) is 6.13. The Labute approximate surface area is 202 Å². The molecule has 1 aliphatic heterocycles. The van der Waals surface area contributed by atoms with Gasteiger partial charge in [0.05, 0.1) is 19.1 Å². The second-order valence-corrected chi connectivity index (χ2v) is 10.2. The number of anilines is 1. The van der Waals surface area contributed by atoms with Gasteiger partial charge in [-0.2, -0.15) is 0 Å². The van der Waals surface area contributed by atoms with Gasteiger partial charge in [-0.15, -0.1) is 0 Å². The molecule has 0 bridgehead atoms. The van der Waals surface area contributed by atoms with Gasteiger partial charge in [0.1, 0.15) is 0 Å². The smallest absolute Gasteiger partial charge is 0.262 e. The Kier molecular flexibility index (Phi) is 7.36. The van der Waals surface area contributed by atoms with Crippen molar-refractivity contribution in [2.45, 2.75) is 44.1 Å². The van der Waals surface area contributed by atoms with E-state index in [9.17, 15) is 4.79 Å². The number of carbonyl (C=O) groups excluding carboxylic acids is 1. The van der Waals surface area contributed by atoms with Crippen molar-refractivity contribution < 1.29 is 14.3 Å². The zero-order valence-electron chi connectivity index (χ0n) is 18.6. The monoisotopic (exact) mass is 516 g/mol. The number of rotatable bonds is 6. The maximum Gasteiger partial charge on any atom is 0.262 e. The standard InChI is InChI=1S/C25H29BrN2O3S/c1-16-9-7-8-12-20(16)28-24(29)23(32-25(28)27-18-10-5-4-6-11-18)14-17-13-21(30-2)22(31-3)15-19(17)26/h4-6,10-11,13-16,20,25,27H,7-9,12H2,1-3H3/b23-14-/t16-,20-,25?/m0/s1. The molecule has 2 aliphatic rings. The molecule has 0 spiro atoms. The summed E-state index contributed by atoms with van der Waals surface area (Å²) in [7, 11) is 3.23. The molecule has 0 aromatic heterocycles. The average molecular weight is 517 g/mol. The van der Waals surface area contributed by atoms with E-state index in [1.54, 1.807) is 26.0 Å². The summed E-state index contributed by atoms with van der Waals surface area (Å²) >= 11 is 5.20. The predicted molar refractivity (Wildman–Crippen MR) is 135 cm³/mol. The maximum absolute atomic E-state index is 13.7. The molecule has 2 aromatic carbocycles. The lowest BCUT2D eigenvalue weighted by Crippen LogP contribution is -2.48. The highest BCUT2D eigenvalue weighted by molar-refractivity contribution is 9.10. The Morgan fingerprint density at radius 2 is 1.78 bits per heavy atom. The Bertz CT molecular complexity index is 998. The predicted octanol–water partition coefficient (Wildman–Crippen LogP) is 6.36. The van der Waals surface area contributed by atoms with Crippen LogP contribution in [0.2, 0.25) is 0 Å². The lowest BCUT2D eigenvalue weighted by molar-refractivity contribution is -0.129. The third-order valence-corrected chi connectivity index (χ3v) is 8.01. The van der Waals surface area contributed by atoms with Crippen LogP contribution in [-0.4, -0.2) is 36.6 Å². The number of halogens is 1. The van der Waals surface area contributed by atoms with Crippen LogP contribution in [-0.2, 0) is 4.79 Å². The molecule has 4 rings (SSSR count). The first-order chi connectivity index (χ1) is 15.5. The van der Waals surface area contributed by atoms with Gasteiger partial charge < -0.3 is 19.7 Å². The number of methoxy groups -OCH3 is 2. The molecule has 2 fully saturated rings. The van der Waals surface area contributed by atoms with Crippen LogP contribution in [0.15, 0.2) is 51.8 Å². The summed E-state index contributed by atoms with van der Waals surface area (Å²) in [5.74, 6) is 1.85. The first kappa shape index (κ1) is 23.1. The van der Waals surface area contributed by atoms with Gasteiger partial charge in [0.2, 0.25) is 0 Å². The highest BCUT2D eigenvalue weighted by atomic mass is 79.9. The molecule has 170 valence electrons. The Morgan fingerprint density at radius 3 is 2.47 bits per heavy atom. The lowest BCUT2D eigenvalue weighted by Gasteiger charge is -2.39. The quantitative estimate of drug-likeness (QED) is 0.452. The van der Waals surface area contributed by atoms with E-state index in [4.69, 9.17) is 9.47 Å². The summed E-state index contributed by atoms with van der Waals surface area (Å²) in [4.78, 5) is 16.5. The van der Waals surface area contributed by atoms with Crippen molar-refractivity contribution in [3.05, 3.63) is 57.4 Å². The summed E-state index contributed by atoms with van der Waals surface area (Å²) in [6.45, 7) is 2.27. The fourth-order valence-electron chi connectivity index (χ4n) is 4.49. The Balaban J connectivity index is 1.68. The number of amides is 1. The molecule has 1 heterocycles. The molecule has 1 aliphatic carbocycles. The van der Waals surface area contributed by atoms with Crippen LogP contribution in [0.25, 0.3) is 6.08 Å². The van der Waals surface area contributed by atoms with E-state index in [-0.39, 0.29) is 17.4 Å². The molecule has 1 amide bonds. The molecule has 7 heteroatoms. The summed E-state index contributed by atoms with van der Waals surface area (Å²) in [6, 6.07) is 14.1. The number of hydrogen-bond acceptors (Lipinski definition) is 5. The van der Waals surface area contributed by atoms with E-state index in [2.05, 4.69) is 33.1 Å². The Morgan fingerprint density at radius 1 is 1.09 bits per heavy atom. The van der Waals surface area contributed by atoms with Gasteiger partial charge in [-0.25, -0.2) is 0 Å². The SMILES string of the molecule is COc1cc(Br)c(/C=C2\SC(Nc3ccccc3)N([C@H]3CCCC[C@@H]3C)C2=O)cc1OC. The first-order valence-corrected chi connectivity index (χ1v) is 12.6. The van der Waals surface area contributed by atoms with E-state index in [1.165, 1.54) is 12.8 Å².